The van der Waals surface area contributed by atoms with Crippen molar-refractivity contribution < 1.29 is 4.74 Å². The summed E-state index contributed by atoms with van der Waals surface area (Å²) in [7, 11) is 0. The average Bonchev–Trinajstić information content (AvgIpc) is 2.29. The zero-order valence-corrected chi connectivity index (χ0v) is 11.0. The highest BCUT2D eigenvalue weighted by Gasteiger charge is 2.32. The van der Waals surface area contributed by atoms with Gasteiger partial charge in [-0.1, -0.05) is 0 Å². The molecule has 1 aromatic rings. The molecule has 1 saturated heterocycles. The standard InChI is InChI=1S/C12H18ClN3O/c1-9-7-10(2)15-11(14-9)16-12(8-13)3-5-17-6-4-12/h7H,3-6,8H2,1-2H3,(H,14,15,16). The lowest BCUT2D eigenvalue weighted by molar-refractivity contribution is 0.0665. The molecular formula is C12H18ClN3O. The Kier molecular flexibility index (Phi) is 3.84. The Hall–Kier alpha value is -0.870. The van der Waals surface area contributed by atoms with Gasteiger partial charge in [0.1, 0.15) is 0 Å². The first-order valence-corrected chi connectivity index (χ1v) is 6.41. The SMILES string of the molecule is Cc1cc(C)nc(NC2(CCl)CCOCC2)n1. The molecule has 1 aliphatic heterocycles. The Bertz CT molecular complexity index is 371. The molecule has 0 unspecified atom stereocenters. The van der Waals surface area contributed by atoms with Crippen molar-refractivity contribution in [3.8, 4) is 0 Å². The number of aryl methyl sites for hydroxylation is 2. The lowest BCUT2D eigenvalue weighted by Gasteiger charge is -2.36. The predicted molar refractivity (Wildman–Crippen MR) is 68.6 cm³/mol. The van der Waals surface area contributed by atoms with Crippen molar-refractivity contribution >= 4 is 17.5 Å². The van der Waals surface area contributed by atoms with Crippen LogP contribution in [0.3, 0.4) is 0 Å². The third-order valence-electron chi connectivity index (χ3n) is 3.06. The molecule has 0 atom stereocenters. The smallest absolute Gasteiger partial charge is 0.223 e. The van der Waals surface area contributed by atoms with E-state index in [1.165, 1.54) is 0 Å². The van der Waals surface area contributed by atoms with Crippen LogP contribution in [0.25, 0.3) is 0 Å². The highest BCUT2D eigenvalue weighted by Crippen LogP contribution is 2.26. The summed E-state index contributed by atoms with van der Waals surface area (Å²) in [6, 6.07) is 1.96. The number of halogens is 1. The minimum Gasteiger partial charge on any atom is -0.381 e. The maximum absolute atomic E-state index is 6.09. The number of hydrogen-bond acceptors (Lipinski definition) is 4. The lowest BCUT2D eigenvalue weighted by atomic mass is 9.92. The molecule has 1 aliphatic rings. The first kappa shape index (κ1) is 12.6. The molecule has 0 radical (unpaired) electrons. The molecule has 2 rings (SSSR count). The zero-order valence-electron chi connectivity index (χ0n) is 10.3. The Balaban J connectivity index is 2.17. The van der Waals surface area contributed by atoms with Gasteiger partial charge in [0.15, 0.2) is 0 Å². The first-order valence-electron chi connectivity index (χ1n) is 5.88. The maximum atomic E-state index is 6.09. The van der Waals surface area contributed by atoms with E-state index in [0.29, 0.717) is 11.8 Å². The largest absolute Gasteiger partial charge is 0.381 e. The Morgan fingerprint density at radius 2 is 1.88 bits per heavy atom. The molecule has 1 N–H and O–H groups in total. The molecule has 0 bridgehead atoms. The van der Waals surface area contributed by atoms with Gasteiger partial charge in [0.2, 0.25) is 5.95 Å². The van der Waals surface area contributed by atoms with E-state index in [2.05, 4.69) is 15.3 Å². The van der Waals surface area contributed by atoms with E-state index in [-0.39, 0.29) is 5.54 Å². The summed E-state index contributed by atoms with van der Waals surface area (Å²) in [4.78, 5) is 8.80. The van der Waals surface area contributed by atoms with Gasteiger partial charge < -0.3 is 10.1 Å². The molecule has 94 valence electrons. The van der Waals surface area contributed by atoms with E-state index in [1.807, 2.05) is 19.9 Å². The summed E-state index contributed by atoms with van der Waals surface area (Å²) < 4.78 is 5.37. The van der Waals surface area contributed by atoms with Crippen LogP contribution in [-0.4, -0.2) is 34.6 Å². The number of hydrogen-bond donors (Lipinski definition) is 1. The van der Waals surface area contributed by atoms with Gasteiger partial charge >= 0.3 is 0 Å². The van der Waals surface area contributed by atoms with Crippen LogP contribution >= 0.6 is 11.6 Å². The summed E-state index contributed by atoms with van der Waals surface area (Å²) in [5.41, 5.74) is 1.81. The van der Waals surface area contributed by atoms with Crippen molar-refractivity contribution in [2.45, 2.75) is 32.2 Å². The van der Waals surface area contributed by atoms with Gasteiger partial charge in [0, 0.05) is 30.5 Å². The van der Waals surface area contributed by atoms with Crippen LogP contribution < -0.4 is 5.32 Å². The number of alkyl halides is 1. The van der Waals surface area contributed by atoms with Crippen LogP contribution in [0.1, 0.15) is 24.2 Å². The van der Waals surface area contributed by atoms with Crippen molar-refractivity contribution in [1.29, 1.82) is 0 Å². The summed E-state index contributed by atoms with van der Waals surface area (Å²) in [6.07, 6.45) is 1.79. The van der Waals surface area contributed by atoms with Crippen molar-refractivity contribution in [1.82, 2.24) is 9.97 Å². The highest BCUT2D eigenvalue weighted by atomic mass is 35.5. The van der Waals surface area contributed by atoms with Gasteiger partial charge in [-0.2, -0.15) is 0 Å². The summed E-state index contributed by atoms with van der Waals surface area (Å²) in [5.74, 6) is 1.22. The molecule has 0 spiro atoms. The van der Waals surface area contributed by atoms with Crippen LogP contribution in [0.15, 0.2) is 6.07 Å². The summed E-state index contributed by atoms with van der Waals surface area (Å²) in [6.45, 7) is 5.42. The molecule has 0 aromatic carbocycles. The number of nitrogens with one attached hydrogen (secondary N) is 1. The number of nitrogens with zero attached hydrogens (tertiary/aromatic N) is 2. The molecular weight excluding hydrogens is 238 g/mol. The third-order valence-corrected chi connectivity index (χ3v) is 3.58. The third kappa shape index (κ3) is 3.07. The molecule has 1 fully saturated rings. The fourth-order valence-electron chi connectivity index (χ4n) is 2.07. The molecule has 5 heteroatoms. The van der Waals surface area contributed by atoms with Crippen molar-refractivity contribution in [3.63, 3.8) is 0 Å². The van der Waals surface area contributed by atoms with E-state index in [1.54, 1.807) is 0 Å². The van der Waals surface area contributed by atoms with Gasteiger partial charge in [0.05, 0.1) is 5.54 Å². The van der Waals surface area contributed by atoms with E-state index in [4.69, 9.17) is 16.3 Å². The molecule has 4 nitrogen and oxygen atoms in total. The second kappa shape index (κ2) is 5.19. The van der Waals surface area contributed by atoms with Gasteiger partial charge in [-0.15, -0.1) is 11.6 Å². The second-order valence-corrected chi connectivity index (χ2v) is 4.89. The normalized spacial score (nSPS) is 19.0. The van der Waals surface area contributed by atoms with E-state index in [0.717, 1.165) is 37.4 Å². The van der Waals surface area contributed by atoms with Crippen molar-refractivity contribution in [2.24, 2.45) is 0 Å². The fourth-order valence-corrected chi connectivity index (χ4v) is 2.41. The first-order chi connectivity index (χ1) is 8.13. The molecule has 17 heavy (non-hydrogen) atoms. The molecule has 0 amide bonds. The highest BCUT2D eigenvalue weighted by molar-refractivity contribution is 6.18. The molecule has 0 aliphatic carbocycles. The van der Waals surface area contributed by atoms with E-state index >= 15 is 0 Å². The van der Waals surface area contributed by atoms with Gasteiger partial charge in [0.25, 0.3) is 0 Å². The minimum atomic E-state index is -0.125. The quantitative estimate of drug-likeness (QED) is 0.842. The van der Waals surface area contributed by atoms with Gasteiger partial charge in [-0.25, -0.2) is 9.97 Å². The summed E-state index contributed by atoms with van der Waals surface area (Å²) >= 11 is 6.09. The Morgan fingerprint density at radius 1 is 1.29 bits per heavy atom. The predicted octanol–water partition coefficient (Wildman–Crippen LogP) is 2.29. The van der Waals surface area contributed by atoms with Crippen molar-refractivity contribution in [3.05, 3.63) is 17.5 Å². The average molecular weight is 256 g/mol. The minimum absolute atomic E-state index is 0.125. The van der Waals surface area contributed by atoms with Crippen LogP contribution in [-0.2, 0) is 4.74 Å². The van der Waals surface area contributed by atoms with Crippen LogP contribution in [0.5, 0.6) is 0 Å². The van der Waals surface area contributed by atoms with Crippen LogP contribution in [0.4, 0.5) is 5.95 Å². The summed E-state index contributed by atoms with van der Waals surface area (Å²) in [5, 5.41) is 3.39. The van der Waals surface area contributed by atoms with Crippen LogP contribution in [0, 0.1) is 13.8 Å². The number of ether oxygens (including phenoxy) is 1. The monoisotopic (exact) mass is 255 g/mol. The van der Waals surface area contributed by atoms with Gasteiger partial charge in [-0.3, -0.25) is 0 Å². The molecule has 2 heterocycles. The zero-order chi connectivity index (χ0) is 12.3. The van der Waals surface area contributed by atoms with Gasteiger partial charge in [-0.05, 0) is 32.8 Å². The topological polar surface area (TPSA) is 47.0 Å². The van der Waals surface area contributed by atoms with E-state index < -0.39 is 0 Å². The molecule has 1 aromatic heterocycles. The fraction of sp³-hybridized carbons (Fsp3) is 0.667. The van der Waals surface area contributed by atoms with E-state index in [9.17, 15) is 0 Å². The van der Waals surface area contributed by atoms with Crippen molar-refractivity contribution in [2.75, 3.05) is 24.4 Å². The van der Waals surface area contributed by atoms with Crippen LogP contribution in [0.2, 0.25) is 0 Å². The molecule has 0 saturated carbocycles. The lowest BCUT2D eigenvalue weighted by Crippen LogP contribution is -2.46. The number of aromatic nitrogens is 2. The number of rotatable bonds is 3. The Labute approximate surface area is 107 Å². The maximum Gasteiger partial charge on any atom is 0.223 e. The second-order valence-electron chi connectivity index (χ2n) is 4.63. The Morgan fingerprint density at radius 3 is 2.41 bits per heavy atom. The number of anilines is 1.